The number of benzene rings is 1. The minimum absolute atomic E-state index is 0.703. The number of ether oxygens (including phenoxy) is 1. The molecule has 0 unspecified atom stereocenters. The molecule has 1 fully saturated rings. The molecule has 1 saturated heterocycles. The van der Waals surface area contributed by atoms with Crippen LogP contribution in [0.3, 0.4) is 0 Å². The van der Waals surface area contributed by atoms with E-state index < -0.39 is 0 Å². The van der Waals surface area contributed by atoms with Crippen LogP contribution in [0.1, 0.15) is 5.56 Å². The summed E-state index contributed by atoms with van der Waals surface area (Å²) in [5.41, 5.74) is 1.97. The first-order valence-corrected chi connectivity index (χ1v) is 6.02. The van der Waals surface area contributed by atoms with Crippen molar-refractivity contribution in [3.63, 3.8) is 0 Å². The van der Waals surface area contributed by atoms with Gasteiger partial charge in [-0.1, -0.05) is 17.6 Å². The van der Waals surface area contributed by atoms with Crippen LogP contribution in [0.25, 0.3) is 0 Å². The summed E-state index contributed by atoms with van der Waals surface area (Å²) >= 11 is 0. The molecule has 2 rings (SSSR count). The molecule has 1 aliphatic rings. The first kappa shape index (κ1) is 12.5. The van der Waals surface area contributed by atoms with E-state index in [0.717, 1.165) is 38.5 Å². The number of likely N-dealkylation sites (N-methyl/N-ethyl adjacent to an activating group) is 1. The summed E-state index contributed by atoms with van der Waals surface area (Å²) in [5.74, 6) is 0.775. The van der Waals surface area contributed by atoms with Crippen molar-refractivity contribution in [3.8, 4) is 5.75 Å². The first-order valence-electron chi connectivity index (χ1n) is 6.02. The smallest absolute Gasteiger partial charge is 0.119 e. The highest BCUT2D eigenvalue weighted by molar-refractivity contribution is 6.34. The SMILES string of the molecule is [B]c1ccc(CN2CCN(C)CC2)cc1OC. The molecule has 2 radical (unpaired) electrons. The van der Waals surface area contributed by atoms with Gasteiger partial charge in [-0.2, -0.15) is 0 Å². The van der Waals surface area contributed by atoms with E-state index in [-0.39, 0.29) is 0 Å². The van der Waals surface area contributed by atoms with Crippen LogP contribution in [0.5, 0.6) is 5.75 Å². The van der Waals surface area contributed by atoms with Gasteiger partial charge in [-0.05, 0) is 18.7 Å². The fourth-order valence-corrected chi connectivity index (χ4v) is 2.12. The van der Waals surface area contributed by atoms with Crippen LogP contribution in [0.15, 0.2) is 18.2 Å². The molecule has 0 spiro atoms. The maximum Gasteiger partial charge on any atom is 0.119 e. The zero-order chi connectivity index (χ0) is 12.3. The monoisotopic (exact) mass is 230 g/mol. The standard InChI is InChI=1S/C13H19BN2O/c1-15-5-7-16(8-6-15)10-11-3-4-12(14)13(9-11)17-2/h3-4,9H,5-8,10H2,1-2H3. The van der Waals surface area contributed by atoms with Gasteiger partial charge in [-0.15, -0.1) is 0 Å². The zero-order valence-corrected chi connectivity index (χ0v) is 10.6. The Morgan fingerprint density at radius 3 is 2.59 bits per heavy atom. The normalized spacial score (nSPS) is 18.2. The molecule has 0 aliphatic carbocycles. The Bertz CT molecular complexity index is 376. The first-order chi connectivity index (χ1) is 8.19. The van der Waals surface area contributed by atoms with Crippen LogP contribution in [0.2, 0.25) is 0 Å². The lowest BCUT2D eigenvalue weighted by Crippen LogP contribution is -2.43. The summed E-state index contributed by atoms with van der Waals surface area (Å²) in [6.45, 7) is 5.52. The molecule has 0 amide bonds. The second-order valence-corrected chi connectivity index (χ2v) is 4.66. The van der Waals surface area contributed by atoms with Gasteiger partial charge >= 0.3 is 0 Å². The lowest BCUT2D eigenvalue weighted by Gasteiger charge is -2.32. The van der Waals surface area contributed by atoms with Crippen molar-refractivity contribution in [1.29, 1.82) is 0 Å². The Morgan fingerprint density at radius 1 is 1.24 bits per heavy atom. The van der Waals surface area contributed by atoms with Crippen LogP contribution >= 0.6 is 0 Å². The average molecular weight is 230 g/mol. The predicted molar refractivity (Wildman–Crippen MR) is 71.2 cm³/mol. The highest BCUT2D eigenvalue weighted by Gasteiger charge is 2.14. The Hall–Kier alpha value is -0.995. The van der Waals surface area contributed by atoms with Crippen molar-refractivity contribution in [2.24, 2.45) is 0 Å². The molecule has 1 heterocycles. The molecule has 1 aromatic rings. The molecule has 90 valence electrons. The van der Waals surface area contributed by atoms with Gasteiger partial charge in [-0.25, -0.2) is 0 Å². The Balaban J connectivity index is 1.99. The zero-order valence-electron chi connectivity index (χ0n) is 10.6. The minimum Gasteiger partial charge on any atom is -0.497 e. The van der Waals surface area contributed by atoms with Crippen molar-refractivity contribution >= 4 is 13.3 Å². The lowest BCUT2D eigenvalue weighted by molar-refractivity contribution is 0.148. The quantitative estimate of drug-likeness (QED) is 0.691. The molecule has 1 aromatic carbocycles. The maximum absolute atomic E-state index is 5.81. The van der Waals surface area contributed by atoms with Crippen LogP contribution in [-0.4, -0.2) is 58.0 Å². The van der Waals surface area contributed by atoms with Gasteiger partial charge in [0.15, 0.2) is 0 Å². The van der Waals surface area contributed by atoms with Gasteiger partial charge < -0.3 is 9.64 Å². The summed E-state index contributed by atoms with van der Waals surface area (Å²) in [7, 11) is 9.63. The molecule has 0 N–H and O–H groups in total. The summed E-state index contributed by atoms with van der Waals surface area (Å²) in [5, 5.41) is 0. The Kier molecular flexibility index (Phi) is 4.08. The van der Waals surface area contributed by atoms with Gasteiger partial charge in [-0.3, -0.25) is 4.90 Å². The third kappa shape index (κ3) is 3.24. The summed E-state index contributed by atoms with van der Waals surface area (Å²) in [6.07, 6.45) is 0. The van der Waals surface area contributed by atoms with Crippen molar-refractivity contribution in [2.45, 2.75) is 6.54 Å². The fraction of sp³-hybridized carbons (Fsp3) is 0.538. The molecule has 1 aliphatic heterocycles. The van der Waals surface area contributed by atoms with Gasteiger partial charge in [0.25, 0.3) is 0 Å². The van der Waals surface area contributed by atoms with Crippen molar-refractivity contribution in [1.82, 2.24) is 9.80 Å². The van der Waals surface area contributed by atoms with Crippen LogP contribution in [-0.2, 0) is 6.54 Å². The molecule has 17 heavy (non-hydrogen) atoms. The largest absolute Gasteiger partial charge is 0.497 e. The highest BCUT2D eigenvalue weighted by atomic mass is 16.5. The molecule has 0 atom stereocenters. The van der Waals surface area contributed by atoms with E-state index in [4.69, 9.17) is 12.6 Å². The molecular formula is C13H19BN2O. The van der Waals surface area contributed by atoms with Crippen molar-refractivity contribution < 1.29 is 4.74 Å². The van der Waals surface area contributed by atoms with Crippen LogP contribution < -0.4 is 10.2 Å². The lowest BCUT2D eigenvalue weighted by atomic mass is 9.93. The van der Waals surface area contributed by atoms with E-state index in [1.807, 2.05) is 12.1 Å². The van der Waals surface area contributed by atoms with Gasteiger partial charge in [0.1, 0.15) is 13.6 Å². The average Bonchev–Trinajstić information content (AvgIpc) is 2.34. The van der Waals surface area contributed by atoms with E-state index in [9.17, 15) is 0 Å². The van der Waals surface area contributed by atoms with Crippen LogP contribution in [0.4, 0.5) is 0 Å². The molecular weight excluding hydrogens is 211 g/mol. The van der Waals surface area contributed by atoms with Crippen molar-refractivity contribution in [3.05, 3.63) is 23.8 Å². The van der Waals surface area contributed by atoms with E-state index in [0.29, 0.717) is 5.46 Å². The Morgan fingerprint density at radius 2 is 1.94 bits per heavy atom. The number of methoxy groups -OCH3 is 1. The predicted octanol–water partition coefficient (Wildman–Crippen LogP) is 0.236. The molecule has 0 saturated carbocycles. The molecule has 0 bridgehead atoms. The topological polar surface area (TPSA) is 15.7 Å². The number of hydrogen-bond donors (Lipinski definition) is 0. The van der Waals surface area contributed by atoms with Gasteiger partial charge in [0.2, 0.25) is 0 Å². The fourth-order valence-electron chi connectivity index (χ4n) is 2.12. The van der Waals surface area contributed by atoms with E-state index in [1.54, 1.807) is 7.11 Å². The summed E-state index contributed by atoms with van der Waals surface area (Å²) in [6, 6.07) is 6.04. The number of hydrogen-bond acceptors (Lipinski definition) is 3. The van der Waals surface area contributed by atoms with E-state index >= 15 is 0 Å². The summed E-state index contributed by atoms with van der Waals surface area (Å²) in [4.78, 5) is 4.82. The highest BCUT2D eigenvalue weighted by Crippen LogP contribution is 2.13. The third-order valence-electron chi connectivity index (χ3n) is 3.30. The molecule has 3 nitrogen and oxygen atoms in total. The Labute approximate surface area is 105 Å². The third-order valence-corrected chi connectivity index (χ3v) is 3.30. The van der Waals surface area contributed by atoms with E-state index in [2.05, 4.69) is 22.9 Å². The van der Waals surface area contributed by atoms with Crippen LogP contribution in [0, 0.1) is 0 Å². The second-order valence-electron chi connectivity index (χ2n) is 4.66. The summed E-state index contributed by atoms with van der Waals surface area (Å²) < 4.78 is 5.24. The number of nitrogens with zero attached hydrogens (tertiary/aromatic N) is 2. The van der Waals surface area contributed by atoms with Gasteiger partial charge in [0.05, 0.1) is 7.11 Å². The van der Waals surface area contributed by atoms with E-state index in [1.165, 1.54) is 5.56 Å². The molecule has 4 heteroatoms. The number of piperazine rings is 1. The number of rotatable bonds is 3. The van der Waals surface area contributed by atoms with Gasteiger partial charge in [0, 0.05) is 32.7 Å². The maximum atomic E-state index is 5.81. The second kappa shape index (κ2) is 5.56. The molecule has 0 aromatic heterocycles. The van der Waals surface area contributed by atoms with Crippen molar-refractivity contribution in [2.75, 3.05) is 40.3 Å². The minimum atomic E-state index is 0.703.